The molecule has 3 amide bonds. The van der Waals surface area contributed by atoms with Crippen molar-refractivity contribution in [3.8, 4) is 0 Å². The van der Waals surface area contributed by atoms with Gasteiger partial charge in [0.15, 0.2) is 5.28 Å². The van der Waals surface area contributed by atoms with Gasteiger partial charge in [-0.3, -0.25) is 9.69 Å². The summed E-state index contributed by atoms with van der Waals surface area (Å²) in [5, 5.41) is 1.95. The zero-order valence-corrected chi connectivity index (χ0v) is 12.2. The fourth-order valence-corrected chi connectivity index (χ4v) is 2.66. The van der Waals surface area contributed by atoms with Crippen molar-refractivity contribution in [2.45, 2.75) is 5.28 Å². The Bertz CT molecular complexity index is 494. The molecule has 1 N–H and O–H groups in total. The number of imide groups is 1. The maximum absolute atomic E-state index is 12.6. The molecule has 1 aliphatic heterocycles. The SMILES string of the molecule is CNCCN1C(=O)N(C)C(P)(c2ccccc2)C1=O. The van der Waals surface area contributed by atoms with Gasteiger partial charge in [0.1, 0.15) is 0 Å². The number of rotatable bonds is 4. The van der Waals surface area contributed by atoms with Gasteiger partial charge in [0, 0.05) is 20.1 Å². The number of urea groups is 1. The van der Waals surface area contributed by atoms with Crippen molar-refractivity contribution in [3.63, 3.8) is 0 Å². The van der Waals surface area contributed by atoms with Crippen molar-refractivity contribution in [1.29, 1.82) is 0 Å². The van der Waals surface area contributed by atoms with Gasteiger partial charge in [0.05, 0.1) is 0 Å². The molecule has 1 aromatic rings. The predicted octanol–water partition coefficient (Wildman–Crippen LogP) is 0.828. The Morgan fingerprint density at radius 2 is 1.89 bits per heavy atom. The molecule has 2 unspecified atom stereocenters. The summed E-state index contributed by atoms with van der Waals surface area (Å²) < 4.78 is 0. The lowest BCUT2D eigenvalue weighted by Crippen LogP contribution is -2.39. The minimum Gasteiger partial charge on any atom is -0.318 e. The lowest BCUT2D eigenvalue weighted by atomic mass is 10.1. The van der Waals surface area contributed by atoms with Crippen LogP contribution in [0.3, 0.4) is 0 Å². The molecule has 2 rings (SSSR count). The molecule has 0 aliphatic carbocycles. The smallest absolute Gasteiger partial charge is 0.318 e. The maximum Gasteiger partial charge on any atom is 0.327 e. The van der Waals surface area contributed by atoms with E-state index >= 15 is 0 Å². The zero-order chi connectivity index (χ0) is 14.0. The fourth-order valence-electron chi connectivity index (χ4n) is 2.20. The molecule has 1 aromatic carbocycles. The molecule has 1 fully saturated rings. The Morgan fingerprint density at radius 1 is 1.26 bits per heavy atom. The summed E-state index contributed by atoms with van der Waals surface area (Å²) in [6, 6.07) is 9.06. The highest BCUT2D eigenvalue weighted by atomic mass is 31.0. The third-order valence-electron chi connectivity index (χ3n) is 3.42. The van der Waals surface area contributed by atoms with E-state index in [1.807, 2.05) is 30.3 Å². The highest BCUT2D eigenvalue weighted by molar-refractivity contribution is 7.20. The van der Waals surface area contributed by atoms with Crippen LogP contribution >= 0.6 is 9.24 Å². The molecule has 6 heteroatoms. The summed E-state index contributed by atoms with van der Waals surface area (Å²) in [6.07, 6.45) is 0. The summed E-state index contributed by atoms with van der Waals surface area (Å²) in [5.41, 5.74) is 0.799. The van der Waals surface area contributed by atoms with E-state index < -0.39 is 5.28 Å². The summed E-state index contributed by atoms with van der Waals surface area (Å²) in [7, 11) is 5.97. The Kier molecular flexibility index (Phi) is 3.88. The van der Waals surface area contributed by atoms with Crippen molar-refractivity contribution in [2.75, 3.05) is 27.2 Å². The van der Waals surface area contributed by atoms with Crippen molar-refractivity contribution in [2.24, 2.45) is 0 Å². The number of carbonyl (C=O) groups excluding carboxylic acids is 2. The fraction of sp³-hybridized carbons (Fsp3) is 0.385. The van der Waals surface area contributed by atoms with Crippen LogP contribution in [0.2, 0.25) is 0 Å². The number of nitrogens with zero attached hydrogens (tertiary/aromatic N) is 2. The van der Waals surface area contributed by atoms with Crippen LogP contribution in [-0.2, 0) is 10.1 Å². The first kappa shape index (κ1) is 14.0. The van der Waals surface area contributed by atoms with Gasteiger partial charge in [-0.1, -0.05) is 39.6 Å². The lowest BCUT2D eigenvalue weighted by molar-refractivity contribution is -0.129. The topological polar surface area (TPSA) is 52.7 Å². The average Bonchev–Trinajstić information content (AvgIpc) is 2.61. The van der Waals surface area contributed by atoms with E-state index in [2.05, 4.69) is 14.6 Å². The van der Waals surface area contributed by atoms with E-state index in [1.54, 1.807) is 14.1 Å². The number of amides is 3. The molecule has 1 saturated heterocycles. The number of hydrogen-bond donors (Lipinski definition) is 1. The average molecular weight is 279 g/mol. The predicted molar refractivity (Wildman–Crippen MR) is 76.6 cm³/mol. The minimum absolute atomic E-state index is 0.202. The van der Waals surface area contributed by atoms with Crippen LogP contribution in [-0.4, -0.2) is 48.9 Å². The second kappa shape index (κ2) is 5.27. The molecule has 1 aliphatic rings. The third-order valence-corrected chi connectivity index (χ3v) is 4.38. The van der Waals surface area contributed by atoms with Crippen LogP contribution in [0.15, 0.2) is 30.3 Å². The molecule has 0 spiro atoms. The molecule has 1 heterocycles. The summed E-state index contributed by atoms with van der Waals surface area (Å²) in [5.74, 6) is -0.202. The first-order valence-electron chi connectivity index (χ1n) is 6.12. The standard InChI is InChI=1S/C13H18N3O2P/c1-14-8-9-16-11(17)13(19,15(2)12(16)18)10-6-4-3-5-7-10/h3-7,14H,8-9,19H2,1-2H3. The van der Waals surface area contributed by atoms with Crippen LogP contribution < -0.4 is 5.32 Å². The molecule has 19 heavy (non-hydrogen) atoms. The number of benzene rings is 1. The molecule has 0 aromatic heterocycles. The minimum atomic E-state index is -0.994. The third kappa shape index (κ3) is 2.13. The first-order chi connectivity index (χ1) is 9.03. The number of carbonyl (C=O) groups is 2. The molecule has 0 saturated carbocycles. The van der Waals surface area contributed by atoms with Crippen molar-refractivity contribution < 1.29 is 9.59 Å². The Hall–Kier alpha value is -1.45. The van der Waals surface area contributed by atoms with Gasteiger partial charge >= 0.3 is 6.03 Å². The summed E-state index contributed by atoms with van der Waals surface area (Å²) in [6.45, 7) is 0.961. The number of hydrogen-bond acceptors (Lipinski definition) is 3. The van der Waals surface area contributed by atoms with E-state index in [4.69, 9.17) is 0 Å². The molecule has 5 nitrogen and oxygen atoms in total. The number of likely N-dealkylation sites (N-methyl/N-ethyl adjacent to an activating group) is 2. The first-order valence-corrected chi connectivity index (χ1v) is 6.70. The number of nitrogens with one attached hydrogen (secondary N) is 1. The molecule has 2 atom stereocenters. The molecule has 0 radical (unpaired) electrons. The highest BCUT2D eigenvalue weighted by Crippen LogP contribution is 2.41. The van der Waals surface area contributed by atoms with Crippen LogP contribution in [0.4, 0.5) is 4.79 Å². The van der Waals surface area contributed by atoms with E-state index in [0.717, 1.165) is 5.56 Å². The molecule has 102 valence electrons. The van der Waals surface area contributed by atoms with Crippen molar-refractivity contribution in [3.05, 3.63) is 35.9 Å². The van der Waals surface area contributed by atoms with E-state index in [0.29, 0.717) is 13.1 Å². The Balaban J connectivity index is 2.36. The largest absolute Gasteiger partial charge is 0.327 e. The van der Waals surface area contributed by atoms with E-state index in [-0.39, 0.29) is 11.9 Å². The molecular formula is C13H18N3O2P. The van der Waals surface area contributed by atoms with Gasteiger partial charge < -0.3 is 10.2 Å². The highest BCUT2D eigenvalue weighted by Gasteiger charge is 2.53. The van der Waals surface area contributed by atoms with Crippen LogP contribution in [0.1, 0.15) is 5.56 Å². The lowest BCUT2D eigenvalue weighted by Gasteiger charge is -2.28. The second-order valence-corrected chi connectivity index (χ2v) is 5.37. The second-order valence-electron chi connectivity index (χ2n) is 4.53. The van der Waals surface area contributed by atoms with Crippen molar-refractivity contribution in [1.82, 2.24) is 15.1 Å². The van der Waals surface area contributed by atoms with Gasteiger partial charge in [0.2, 0.25) is 0 Å². The van der Waals surface area contributed by atoms with Crippen LogP contribution in [0, 0.1) is 0 Å². The normalized spacial score (nSPS) is 23.3. The maximum atomic E-state index is 12.6. The monoisotopic (exact) mass is 279 g/mol. The van der Waals surface area contributed by atoms with Gasteiger partial charge in [-0.2, -0.15) is 0 Å². The van der Waals surface area contributed by atoms with Gasteiger partial charge in [-0.15, -0.1) is 0 Å². The van der Waals surface area contributed by atoms with Gasteiger partial charge in [0.25, 0.3) is 5.91 Å². The molecule has 0 bridgehead atoms. The summed E-state index contributed by atoms with van der Waals surface area (Å²) >= 11 is 0. The van der Waals surface area contributed by atoms with Gasteiger partial charge in [-0.05, 0) is 12.6 Å². The quantitative estimate of drug-likeness (QED) is 0.656. The Morgan fingerprint density at radius 3 is 2.47 bits per heavy atom. The molecular weight excluding hydrogens is 261 g/mol. The van der Waals surface area contributed by atoms with Gasteiger partial charge in [-0.25, -0.2) is 4.79 Å². The van der Waals surface area contributed by atoms with Crippen LogP contribution in [0.25, 0.3) is 0 Å². The summed E-state index contributed by atoms with van der Waals surface area (Å²) in [4.78, 5) is 27.5. The van der Waals surface area contributed by atoms with Crippen LogP contribution in [0.5, 0.6) is 0 Å². The zero-order valence-electron chi connectivity index (χ0n) is 11.1. The Labute approximate surface area is 115 Å². The van der Waals surface area contributed by atoms with E-state index in [1.165, 1.54) is 9.80 Å². The van der Waals surface area contributed by atoms with Crippen molar-refractivity contribution >= 4 is 21.2 Å². The van der Waals surface area contributed by atoms with E-state index in [9.17, 15) is 9.59 Å².